The summed E-state index contributed by atoms with van der Waals surface area (Å²) >= 11 is 3.31. The number of carbonyl (C=O) groups excluding carboxylic acids is 1. The van der Waals surface area contributed by atoms with Crippen LogP contribution in [0.3, 0.4) is 0 Å². The first kappa shape index (κ1) is 11.2. The highest BCUT2D eigenvalue weighted by Gasteiger charge is 2.14. The summed E-state index contributed by atoms with van der Waals surface area (Å²) in [7, 11) is 0. The Morgan fingerprint density at radius 3 is 2.79 bits per heavy atom. The molecule has 0 aliphatic carbocycles. The molecule has 3 nitrogen and oxygen atoms in total. The molecule has 0 radical (unpaired) electrons. The van der Waals surface area contributed by atoms with Gasteiger partial charge in [-0.05, 0) is 31.2 Å². The Morgan fingerprint density at radius 1 is 1.57 bits per heavy atom. The van der Waals surface area contributed by atoms with E-state index >= 15 is 0 Å². The van der Waals surface area contributed by atoms with Crippen LogP contribution in [-0.4, -0.2) is 17.4 Å². The maximum atomic E-state index is 11.6. The molecule has 0 amide bonds. The fourth-order valence-corrected chi connectivity index (χ4v) is 1.61. The molecule has 1 aromatic carbocycles. The number of Topliss-reactive ketones (excluding diaryl/α,β-unsaturated/α-hetero) is 1. The highest BCUT2D eigenvalue weighted by atomic mass is 79.9. The lowest BCUT2D eigenvalue weighted by Crippen LogP contribution is -2.09. The van der Waals surface area contributed by atoms with Crippen molar-refractivity contribution in [1.82, 2.24) is 0 Å². The molecule has 0 fully saturated rings. The molecule has 0 bridgehead atoms. The van der Waals surface area contributed by atoms with E-state index < -0.39 is 0 Å². The fourth-order valence-electron chi connectivity index (χ4n) is 1.28. The molecule has 14 heavy (non-hydrogen) atoms. The monoisotopic (exact) mass is 257 g/mol. The van der Waals surface area contributed by atoms with E-state index in [9.17, 15) is 9.90 Å². The molecule has 3 N–H and O–H groups in total. The SMILES string of the molecule is Cc1c(Br)ccc(O)c1C(=O)CCN. The van der Waals surface area contributed by atoms with Crippen molar-refractivity contribution in [2.45, 2.75) is 13.3 Å². The number of aromatic hydroxyl groups is 1. The Labute approximate surface area is 91.1 Å². The number of carbonyl (C=O) groups is 1. The number of phenolic OH excluding ortho intramolecular Hbond substituents is 1. The lowest BCUT2D eigenvalue weighted by atomic mass is 10.0. The summed E-state index contributed by atoms with van der Waals surface area (Å²) < 4.78 is 0.815. The smallest absolute Gasteiger partial charge is 0.168 e. The van der Waals surface area contributed by atoms with E-state index in [1.165, 1.54) is 6.07 Å². The first-order valence-electron chi connectivity index (χ1n) is 4.29. The third kappa shape index (κ3) is 2.13. The predicted octanol–water partition coefficient (Wildman–Crippen LogP) is 1.99. The molecule has 0 atom stereocenters. The van der Waals surface area contributed by atoms with Gasteiger partial charge in [-0.3, -0.25) is 4.79 Å². The molecule has 1 aromatic rings. The van der Waals surface area contributed by atoms with Gasteiger partial charge in [-0.15, -0.1) is 0 Å². The molecule has 0 unspecified atom stereocenters. The van der Waals surface area contributed by atoms with Gasteiger partial charge in [0.1, 0.15) is 5.75 Å². The number of benzene rings is 1. The van der Waals surface area contributed by atoms with Crippen molar-refractivity contribution >= 4 is 21.7 Å². The third-order valence-corrected chi connectivity index (χ3v) is 2.89. The normalized spacial score (nSPS) is 10.2. The number of phenols is 1. The van der Waals surface area contributed by atoms with Crippen LogP contribution in [-0.2, 0) is 0 Å². The number of halogens is 1. The van der Waals surface area contributed by atoms with Crippen molar-refractivity contribution in [2.75, 3.05) is 6.54 Å². The molecule has 1 rings (SSSR count). The van der Waals surface area contributed by atoms with Crippen LogP contribution in [0.25, 0.3) is 0 Å². The fraction of sp³-hybridized carbons (Fsp3) is 0.300. The first-order valence-corrected chi connectivity index (χ1v) is 5.08. The largest absolute Gasteiger partial charge is 0.507 e. The third-order valence-electron chi connectivity index (χ3n) is 2.03. The van der Waals surface area contributed by atoms with Crippen LogP contribution in [0.4, 0.5) is 0 Å². The molecular weight excluding hydrogens is 246 g/mol. The summed E-state index contributed by atoms with van der Waals surface area (Å²) in [6, 6.07) is 3.21. The minimum absolute atomic E-state index is 0.0177. The molecule has 0 spiro atoms. The predicted molar refractivity (Wildman–Crippen MR) is 58.5 cm³/mol. The van der Waals surface area contributed by atoms with E-state index in [0.717, 1.165) is 10.0 Å². The van der Waals surface area contributed by atoms with Gasteiger partial charge in [0, 0.05) is 10.9 Å². The quantitative estimate of drug-likeness (QED) is 0.815. The van der Waals surface area contributed by atoms with Crippen LogP contribution in [0, 0.1) is 6.92 Å². The van der Waals surface area contributed by atoms with Crippen LogP contribution >= 0.6 is 15.9 Å². The number of nitrogens with two attached hydrogens (primary N) is 1. The van der Waals surface area contributed by atoms with Crippen molar-refractivity contribution in [3.8, 4) is 5.75 Å². The van der Waals surface area contributed by atoms with Gasteiger partial charge in [0.25, 0.3) is 0 Å². The van der Waals surface area contributed by atoms with Crippen molar-refractivity contribution in [1.29, 1.82) is 0 Å². The maximum Gasteiger partial charge on any atom is 0.168 e. The second-order valence-corrected chi connectivity index (χ2v) is 3.88. The number of hydrogen-bond acceptors (Lipinski definition) is 3. The Bertz CT molecular complexity index is 363. The molecular formula is C10H12BrNO2. The average Bonchev–Trinajstić information content (AvgIpc) is 2.13. The molecule has 0 aliphatic rings. The van der Waals surface area contributed by atoms with Gasteiger partial charge in [0.2, 0.25) is 0 Å². The van der Waals surface area contributed by atoms with Crippen molar-refractivity contribution in [3.63, 3.8) is 0 Å². The van der Waals surface area contributed by atoms with Crippen molar-refractivity contribution in [2.24, 2.45) is 5.73 Å². The number of rotatable bonds is 3. The van der Waals surface area contributed by atoms with E-state index in [-0.39, 0.29) is 18.0 Å². The first-order chi connectivity index (χ1) is 6.57. The van der Waals surface area contributed by atoms with Gasteiger partial charge in [-0.1, -0.05) is 15.9 Å². The molecule has 76 valence electrons. The van der Waals surface area contributed by atoms with Crippen molar-refractivity contribution < 1.29 is 9.90 Å². The zero-order valence-electron chi connectivity index (χ0n) is 7.88. The Morgan fingerprint density at radius 2 is 2.21 bits per heavy atom. The summed E-state index contributed by atoms with van der Waals surface area (Å²) in [5.41, 5.74) is 6.41. The van der Waals surface area contributed by atoms with E-state index in [1.807, 2.05) is 0 Å². The highest BCUT2D eigenvalue weighted by molar-refractivity contribution is 9.10. The zero-order chi connectivity index (χ0) is 10.7. The summed E-state index contributed by atoms with van der Waals surface area (Å²) in [6.45, 7) is 2.08. The van der Waals surface area contributed by atoms with Crippen LogP contribution in [0.15, 0.2) is 16.6 Å². The minimum atomic E-state index is -0.121. The topological polar surface area (TPSA) is 63.3 Å². The summed E-state index contributed by atoms with van der Waals surface area (Å²) in [5.74, 6) is -0.104. The van der Waals surface area contributed by atoms with Gasteiger partial charge in [-0.25, -0.2) is 0 Å². The average molecular weight is 258 g/mol. The molecule has 4 heteroatoms. The van der Waals surface area contributed by atoms with Crippen molar-refractivity contribution in [3.05, 3.63) is 27.7 Å². The van der Waals surface area contributed by atoms with Crippen LogP contribution in [0.1, 0.15) is 22.3 Å². The van der Waals surface area contributed by atoms with Gasteiger partial charge >= 0.3 is 0 Å². The van der Waals surface area contributed by atoms with Gasteiger partial charge in [-0.2, -0.15) is 0 Å². The standard InChI is InChI=1S/C10H12BrNO2/c1-6-7(11)2-3-8(13)10(6)9(14)4-5-12/h2-3,13H,4-5,12H2,1H3. The lowest BCUT2D eigenvalue weighted by Gasteiger charge is -2.08. The van der Waals surface area contributed by atoms with E-state index in [1.54, 1.807) is 13.0 Å². The number of ketones is 1. The van der Waals surface area contributed by atoms with Crippen LogP contribution < -0.4 is 5.73 Å². The van der Waals surface area contributed by atoms with E-state index in [0.29, 0.717) is 12.1 Å². The van der Waals surface area contributed by atoms with E-state index in [2.05, 4.69) is 15.9 Å². The Balaban J connectivity index is 3.18. The highest BCUT2D eigenvalue weighted by Crippen LogP contribution is 2.28. The number of hydrogen-bond donors (Lipinski definition) is 2. The molecule has 0 aromatic heterocycles. The Hall–Kier alpha value is -0.870. The minimum Gasteiger partial charge on any atom is -0.507 e. The van der Waals surface area contributed by atoms with E-state index in [4.69, 9.17) is 5.73 Å². The zero-order valence-corrected chi connectivity index (χ0v) is 9.47. The molecule has 0 saturated heterocycles. The molecule has 0 saturated carbocycles. The lowest BCUT2D eigenvalue weighted by molar-refractivity contribution is 0.0982. The second-order valence-electron chi connectivity index (χ2n) is 3.03. The van der Waals surface area contributed by atoms with Gasteiger partial charge in [0.05, 0.1) is 5.56 Å². The molecule has 0 heterocycles. The Kier molecular flexibility index (Phi) is 3.66. The maximum absolute atomic E-state index is 11.6. The van der Waals surface area contributed by atoms with Crippen LogP contribution in [0.5, 0.6) is 5.75 Å². The molecule has 0 aliphatic heterocycles. The summed E-state index contributed by atoms with van der Waals surface area (Å²) in [4.78, 5) is 11.6. The summed E-state index contributed by atoms with van der Waals surface area (Å²) in [6.07, 6.45) is 0.255. The van der Waals surface area contributed by atoms with Gasteiger partial charge < -0.3 is 10.8 Å². The van der Waals surface area contributed by atoms with Gasteiger partial charge in [0.15, 0.2) is 5.78 Å². The summed E-state index contributed by atoms with van der Waals surface area (Å²) in [5, 5.41) is 9.53. The van der Waals surface area contributed by atoms with Crippen LogP contribution in [0.2, 0.25) is 0 Å². The second kappa shape index (κ2) is 4.57.